The van der Waals surface area contributed by atoms with Gasteiger partial charge in [0, 0.05) is 6.08 Å². The number of carboxylic acids is 1. The Balaban J connectivity index is 3.86. The van der Waals surface area contributed by atoms with Crippen LogP contribution in [0.4, 0.5) is 0 Å². The Hall–Kier alpha value is -0.830. The molecule has 9 heavy (non-hydrogen) atoms. The normalized spacial score (nSPS) is 12.3. The molecule has 0 saturated carbocycles. The highest BCUT2D eigenvalue weighted by Crippen LogP contribution is 1.89. The second-order valence-corrected chi connectivity index (χ2v) is 2.75. The van der Waals surface area contributed by atoms with Gasteiger partial charge in [-0.05, 0) is 0 Å². The minimum Gasteiger partial charge on any atom is -0.545 e. The lowest BCUT2D eigenvalue weighted by atomic mass is 10.5. The topological polar surface area (TPSA) is 40.1 Å². The van der Waals surface area contributed by atoms with Crippen LogP contribution in [0.5, 0.6) is 0 Å². The third kappa shape index (κ3) is 7.17. The van der Waals surface area contributed by atoms with Crippen molar-refractivity contribution in [3.63, 3.8) is 0 Å². The van der Waals surface area contributed by atoms with Crippen LogP contribution < -0.4 is 5.11 Å². The van der Waals surface area contributed by atoms with Gasteiger partial charge in [0.2, 0.25) is 0 Å². The van der Waals surface area contributed by atoms with Crippen molar-refractivity contribution in [3.05, 3.63) is 12.3 Å². The summed E-state index contributed by atoms with van der Waals surface area (Å²) in [5.74, 6) is -1.15. The van der Waals surface area contributed by atoms with Crippen molar-refractivity contribution in [1.82, 2.24) is 0 Å². The van der Waals surface area contributed by atoms with Gasteiger partial charge in [-0.1, -0.05) is 0 Å². The summed E-state index contributed by atoms with van der Waals surface area (Å²) in [4.78, 5) is 9.84. The van der Waals surface area contributed by atoms with E-state index in [9.17, 15) is 9.90 Å². The first-order valence-electron chi connectivity index (χ1n) is 2.63. The Morgan fingerprint density at radius 2 is 1.89 bits per heavy atom. The van der Waals surface area contributed by atoms with Gasteiger partial charge in [0.1, 0.15) is 0 Å². The molecule has 0 aliphatic carbocycles. The van der Waals surface area contributed by atoms with Crippen molar-refractivity contribution in [2.75, 3.05) is 21.1 Å². The maximum Gasteiger partial charge on any atom is 0.0970 e. The minimum absolute atomic E-state index is 0.494. The SMILES string of the molecule is C[N+](C)(C)C=CC(=O)[O-]. The number of hydrogen-bond donors (Lipinski definition) is 0. The molecule has 0 radical (unpaired) electrons. The molecule has 0 amide bonds. The zero-order valence-electron chi connectivity index (χ0n) is 5.92. The van der Waals surface area contributed by atoms with Gasteiger partial charge < -0.3 is 14.4 Å². The van der Waals surface area contributed by atoms with E-state index in [0.29, 0.717) is 4.48 Å². The first-order chi connectivity index (χ1) is 3.92. The second kappa shape index (κ2) is 2.64. The Bertz CT molecular complexity index is 132. The van der Waals surface area contributed by atoms with Crippen molar-refractivity contribution >= 4 is 5.97 Å². The smallest absolute Gasteiger partial charge is 0.0970 e. The predicted octanol–water partition coefficient (Wildman–Crippen LogP) is -1.04. The summed E-state index contributed by atoms with van der Waals surface area (Å²) < 4.78 is 0.494. The number of hydrogen-bond acceptors (Lipinski definition) is 2. The van der Waals surface area contributed by atoms with Crippen LogP contribution in [0, 0.1) is 0 Å². The first kappa shape index (κ1) is 8.17. The van der Waals surface area contributed by atoms with Crippen LogP contribution in [0.1, 0.15) is 0 Å². The molecule has 0 saturated heterocycles. The summed E-state index contributed by atoms with van der Waals surface area (Å²) in [6.07, 6.45) is 2.56. The summed E-state index contributed by atoms with van der Waals surface area (Å²) in [5.41, 5.74) is 0. The highest BCUT2D eigenvalue weighted by Gasteiger charge is 1.97. The van der Waals surface area contributed by atoms with E-state index in [2.05, 4.69) is 0 Å². The Morgan fingerprint density at radius 1 is 1.44 bits per heavy atom. The average molecular weight is 129 g/mol. The predicted molar refractivity (Wildman–Crippen MR) is 32.2 cm³/mol. The van der Waals surface area contributed by atoms with Crippen LogP contribution in [0.25, 0.3) is 0 Å². The summed E-state index contributed by atoms with van der Waals surface area (Å²) in [7, 11) is 5.58. The molecule has 0 heterocycles. The first-order valence-corrected chi connectivity index (χ1v) is 2.63. The van der Waals surface area contributed by atoms with E-state index in [0.717, 1.165) is 6.08 Å². The fourth-order valence-corrected chi connectivity index (χ4v) is 0.284. The van der Waals surface area contributed by atoms with Crippen LogP contribution in [0.3, 0.4) is 0 Å². The van der Waals surface area contributed by atoms with Crippen molar-refractivity contribution in [2.24, 2.45) is 0 Å². The van der Waals surface area contributed by atoms with E-state index >= 15 is 0 Å². The number of carbonyl (C=O) groups is 1. The van der Waals surface area contributed by atoms with Crippen molar-refractivity contribution in [3.8, 4) is 0 Å². The van der Waals surface area contributed by atoms with E-state index in [1.165, 1.54) is 6.20 Å². The van der Waals surface area contributed by atoms with Crippen LogP contribution in [-0.2, 0) is 4.79 Å². The molecule has 0 N–H and O–H groups in total. The summed E-state index contributed by atoms with van der Waals surface area (Å²) in [5, 5.41) is 9.84. The Labute approximate surface area is 54.8 Å². The monoisotopic (exact) mass is 129 g/mol. The number of aliphatic carboxylic acids is 1. The van der Waals surface area contributed by atoms with Gasteiger partial charge in [-0.25, -0.2) is 0 Å². The van der Waals surface area contributed by atoms with Crippen LogP contribution >= 0.6 is 0 Å². The highest BCUT2D eigenvalue weighted by atomic mass is 16.4. The molecule has 0 aromatic rings. The Kier molecular flexibility index (Phi) is 2.40. The standard InChI is InChI=1S/C6H11NO2/c1-7(2,3)5-4-6(8)9/h4-5H,1-3H3. The molecule has 0 unspecified atom stereocenters. The van der Waals surface area contributed by atoms with E-state index in [-0.39, 0.29) is 0 Å². The number of nitrogens with zero attached hydrogens (tertiary/aromatic N) is 1. The zero-order chi connectivity index (χ0) is 7.49. The van der Waals surface area contributed by atoms with Crippen LogP contribution in [-0.4, -0.2) is 31.6 Å². The second-order valence-electron chi connectivity index (χ2n) is 2.75. The van der Waals surface area contributed by atoms with Gasteiger partial charge in [-0.3, -0.25) is 0 Å². The fraction of sp³-hybridized carbons (Fsp3) is 0.500. The third-order valence-corrected chi connectivity index (χ3v) is 0.658. The molecular formula is C6H11NO2. The highest BCUT2D eigenvalue weighted by molar-refractivity contribution is 5.77. The quantitative estimate of drug-likeness (QED) is 0.353. The van der Waals surface area contributed by atoms with Gasteiger partial charge >= 0.3 is 0 Å². The van der Waals surface area contributed by atoms with Gasteiger partial charge in [0.25, 0.3) is 0 Å². The molecule has 0 aliphatic heterocycles. The maximum absolute atomic E-state index is 9.84. The summed E-state index contributed by atoms with van der Waals surface area (Å²) >= 11 is 0. The fourth-order valence-electron chi connectivity index (χ4n) is 0.284. The molecule has 0 spiro atoms. The maximum atomic E-state index is 9.84. The van der Waals surface area contributed by atoms with E-state index < -0.39 is 5.97 Å². The molecule has 0 atom stereocenters. The number of quaternary nitrogens is 1. The van der Waals surface area contributed by atoms with Crippen molar-refractivity contribution in [1.29, 1.82) is 0 Å². The third-order valence-electron chi connectivity index (χ3n) is 0.658. The van der Waals surface area contributed by atoms with Gasteiger partial charge in [0.05, 0.1) is 33.3 Å². The summed E-state index contributed by atoms with van der Waals surface area (Å²) in [6.45, 7) is 0. The van der Waals surface area contributed by atoms with Crippen LogP contribution in [0.15, 0.2) is 12.3 Å². The van der Waals surface area contributed by atoms with Crippen molar-refractivity contribution in [2.45, 2.75) is 0 Å². The number of carboxylic acid groups (broad SMARTS) is 1. The summed E-state index contributed by atoms with van der Waals surface area (Å²) in [6, 6.07) is 0. The van der Waals surface area contributed by atoms with Gasteiger partial charge in [-0.2, -0.15) is 0 Å². The molecular weight excluding hydrogens is 118 g/mol. The molecule has 0 aromatic heterocycles. The van der Waals surface area contributed by atoms with E-state index in [1.54, 1.807) is 0 Å². The van der Waals surface area contributed by atoms with Crippen LogP contribution in [0.2, 0.25) is 0 Å². The van der Waals surface area contributed by atoms with Gasteiger partial charge in [-0.15, -0.1) is 0 Å². The molecule has 0 aliphatic rings. The lowest BCUT2D eigenvalue weighted by Crippen LogP contribution is -2.29. The molecule has 52 valence electrons. The lowest BCUT2D eigenvalue weighted by Gasteiger charge is -2.17. The number of carbonyl (C=O) groups excluding carboxylic acids is 1. The molecule has 0 rings (SSSR count). The Morgan fingerprint density at radius 3 is 2.00 bits per heavy atom. The van der Waals surface area contributed by atoms with Crippen molar-refractivity contribution < 1.29 is 14.4 Å². The molecule has 3 nitrogen and oxygen atoms in total. The average Bonchev–Trinajstić information content (AvgIpc) is 1.59. The molecule has 0 fully saturated rings. The molecule has 0 bridgehead atoms. The number of rotatable bonds is 2. The zero-order valence-corrected chi connectivity index (χ0v) is 5.92. The largest absolute Gasteiger partial charge is 0.545 e. The lowest BCUT2D eigenvalue weighted by molar-refractivity contribution is -0.817. The van der Waals surface area contributed by atoms with E-state index in [1.807, 2.05) is 21.1 Å². The molecule has 3 heteroatoms. The minimum atomic E-state index is -1.15. The van der Waals surface area contributed by atoms with E-state index in [4.69, 9.17) is 0 Å². The molecule has 0 aromatic carbocycles. The van der Waals surface area contributed by atoms with Gasteiger partial charge in [0.15, 0.2) is 0 Å².